The van der Waals surface area contributed by atoms with Gasteiger partial charge in [-0.1, -0.05) is 92.2 Å². The van der Waals surface area contributed by atoms with E-state index in [-0.39, 0.29) is 5.69 Å². The molecule has 1 N–H and O–H groups in total. The van der Waals surface area contributed by atoms with Crippen LogP contribution in [0.4, 0.5) is 0 Å². The number of carbonyl (C=O) groups excluding carboxylic acids is 1. The number of aromatic nitrogens is 6. The smallest absolute Gasteiger partial charge is 0.296 e. The fourth-order valence-electron chi connectivity index (χ4n) is 4.73. The highest BCUT2D eigenvalue weighted by atomic mass is 16.2. The first-order valence-electron chi connectivity index (χ1n) is 12.4. The average molecular weight is 493 g/mol. The quantitative estimate of drug-likeness (QED) is 0.288. The van der Waals surface area contributed by atoms with Crippen molar-refractivity contribution < 1.29 is 4.79 Å². The molecule has 0 aliphatic carbocycles. The summed E-state index contributed by atoms with van der Waals surface area (Å²) in [6, 6.07) is 26.0. The molecule has 0 amide bonds. The van der Waals surface area contributed by atoms with Crippen LogP contribution in [0.2, 0.25) is 0 Å². The van der Waals surface area contributed by atoms with Gasteiger partial charge in [0.1, 0.15) is 5.69 Å². The molecule has 2 aromatic heterocycles. The van der Waals surface area contributed by atoms with Crippen molar-refractivity contribution in [3.63, 3.8) is 0 Å². The second-order valence-corrected chi connectivity index (χ2v) is 8.93. The maximum atomic E-state index is 13.5. The maximum Gasteiger partial charge on any atom is 0.329 e. The zero-order chi connectivity index (χ0) is 25.6. The van der Waals surface area contributed by atoms with E-state index in [0.717, 1.165) is 46.2 Å². The van der Waals surface area contributed by atoms with E-state index in [2.05, 4.69) is 27.5 Å². The van der Waals surface area contributed by atoms with Gasteiger partial charge in [-0.05, 0) is 40.3 Å². The summed E-state index contributed by atoms with van der Waals surface area (Å²) < 4.78 is 3.38. The van der Waals surface area contributed by atoms with E-state index in [1.54, 1.807) is 9.13 Å². The van der Waals surface area contributed by atoms with Gasteiger partial charge in [-0.25, -0.2) is 4.79 Å². The van der Waals surface area contributed by atoms with Gasteiger partial charge in [-0.3, -0.25) is 13.9 Å². The number of tetrazole rings is 1. The number of nitrogens with one attached hydrogen (secondary N) is 1. The Kier molecular flexibility index (Phi) is 7.16. The Bertz CT molecular complexity index is 1530. The van der Waals surface area contributed by atoms with E-state index in [1.165, 1.54) is 0 Å². The van der Waals surface area contributed by atoms with Gasteiger partial charge in [0.15, 0.2) is 6.29 Å². The lowest BCUT2D eigenvalue weighted by atomic mass is 9.98. The minimum atomic E-state index is -0.145. The number of nitrogens with zero attached hydrogens (tertiary/aromatic N) is 5. The number of H-pyrrole nitrogens is 1. The van der Waals surface area contributed by atoms with Crippen LogP contribution in [0, 0.1) is 0 Å². The molecule has 8 heteroatoms. The molecule has 2 heterocycles. The normalized spacial score (nSPS) is 11.1. The molecule has 0 bridgehead atoms. The molecule has 3 aromatic carbocycles. The van der Waals surface area contributed by atoms with Crippen LogP contribution in [0.5, 0.6) is 0 Å². The van der Waals surface area contributed by atoms with Crippen LogP contribution < -0.4 is 5.69 Å². The van der Waals surface area contributed by atoms with Crippen LogP contribution in [-0.4, -0.2) is 36.0 Å². The highest BCUT2D eigenvalue weighted by Gasteiger charge is 2.19. The van der Waals surface area contributed by atoms with Gasteiger partial charge in [-0.15, -0.1) is 10.2 Å². The van der Waals surface area contributed by atoms with Crippen LogP contribution in [0.3, 0.4) is 0 Å². The van der Waals surface area contributed by atoms with Crippen molar-refractivity contribution in [1.29, 1.82) is 0 Å². The van der Waals surface area contributed by atoms with Crippen LogP contribution in [0.1, 0.15) is 40.7 Å². The number of rotatable bonds is 10. The largest absolute Gasteiger partial charge is 0.329 e. The Morgan fingerprint density at radius 3 is 2.24 bits per heavy atom. The molecule has 0 saturated carbocycles. The summed E-state index contributed by atoms with van der Waals surface area (Å²) in [6.07, 6.45) is 3.02. The standard InChI is InChI=1S/C29H28N6O2/c1-2-8-26-27(20-36)34(18-17-21-9-4-3-5-10-21)29(37)35(26)19-22-13-15-23(16-14-22)24-11-6-7-12-25(24)28-30-32-33-31-28/h3-7,9-16,20H,2,8,17-19H2,1H3,(H,30,31,32,33). The molecule has 0 spiro atoms. The molecule has 5 aromatic rings. The minimum absolute atomic E-state index is 0.145. The molecule has 0 radical (unpaired) electrons. The van der Waals surface area contributed by atoms with Gasteiger partial charge in [0.2, 0.25) is 5.82 Å². The fraction of sp³-hybridized carbons (Fsp3) is 0.207. The summed E-state index contributed by atoms with van der Waals surface area (Å²) in [5.41, 5.74) is 6.14. The molecule has 0 atom stereocenters. The molecule has 37 heavy (non-hydrogen) atoms. The third-order valence-corrected chi connectivity index (χ3v) is 6.56. The van der Waals surface area contributed by atoms with Crippen molar-refractivity contribution in [2.75, 3.05) is 0 Å². The van der Waals surface area contributed by atoms with Crippen molar-refractivity contribution in [3.05, 3.63) is 112 Å². The predicted octanol–water partition coefficient (Wildman–Crippen LogP) is 4.55. The number of aromatic amines is 1. The number of aldehydes is 1. The Hall–Kier alpha value is -4.59. The lowest BCUT2D eigenvalue weighted by molar-refractivity contribution is 0.111. The summed E-state index contributed by atoms with van der Waals surface area (Å²) in [7, 11) is 0. The Morgan fingerprint density at radius 1 is 0.838 bits per heavy atom. The maximum absolute atomic E-state index is 13.5. The number of imidazole rings is 1. The van der Waals surface area contributed by atoms with Crippen molar-refractivity contribution in [1.82, 2.24) is 29.8 Å². The van der Waals surface area contributed by atoms with E-state index in [4.69, 9.17) is 0 Å². The highest BCUT2D eigenvalue weighted by molar-refractivity contribution is 5.80. The average Bonchev–Trinajstić information content (AvgIpc) is 3.56. The number of benzene rings is 3. The highest BCUT2D eigenvalue weighted by Crippen LogP contribution is 2.29. The molecule has 0 saturated heterocycles. The third kappa shape index (κ3) is 5.04. The molecular weight excluding hydrogens is 464 g/mol. The summed E-state index contributed by atoms with van der Waals surface area (Å²) in [5.74, 6) is 0.536. The van der Waals surface area contributed by atoms with Crippen molar-refractivity contribution in [2.24, 2.45) is 0 Å². The van der Waals surface area contributed by atoms with Gasteiger partial charge in [-0.2, -0.15) is 5.21 Å². The minimum Gasteiger partial charge on any atom is -0.296 e. The van der Waals surface area contributed by atoms with Crippen LogP contribution in [0.15, 0.2) is 83.7 Å². The summed E-state index contributed by atoms with van der Waals surface area (Å²) in [5, 5.41) is 14.4. The SMILES string of the molecule is CCCc1c(C=O)n(CCc2ccccc2)c(=O)n1Cc1ccc(-c2ccccc2-c2nn[nH]n2)cc1. The van der Waals surface area contributed by atoms with E-state index < -0.39 is 0 Å². The van der Waals surface area contributed by atoms with Crippen molar-refractivity contribution in [3.8, 4) is 22.5 Å². The first kappa shape index (κ1) is 24.1. The van der Waals surface area contributed by atoms with Crippen LogP contribution in [-0.2, 0) is 25.9 Å². The summed E-state index contributed by atoms with van der Waals surface area (Å²) >= 11 is 0. The molecule has 5 rings (SSSR count). The molecule has 0 aliphatic rings. The molecule has 0 unspecified atom stereocenters. The summed E-state index contributed by atoms with van der Waals surface area (Å²) in [4.78, 5) is 25.6. The van der Waals surface area contributed by atoms with Gasteiger partial charge in [0, 0.05) is 12.1 Å². The second kappa shape index (κ2) is 11.0. The zero-order valence-electron chi connectivity index (χ0n) is 20.7. The topological polar surface area (TPSA) is 98.5 Å². The predicted molar refractivity (Wildman–Crippen MR) is 142 cm³/mol. The monoisotopic (exact) mass is 492 g/mol. The lowest BCUT2D eigenvalue weighted by Crippen LogP contribution is -2.26. The number of hydrogen-bond acceptors (Lipinski definition) is 5. The van der Waals surface area contributed by atoms with Gasteiger partial charge < -0.3 is 0 Å². The van der Waals surface area contributed by atoms with E-state index in [0.29, 0.717) is 37.4 Å². The zero-order valence-corrected chi connectivity index (χ0v) is 20.7. The Balaban J connectivity index is 1.44. The second-order valence-electron chi connectivity index (χ2n) is 8.93. The van der Waals surface area contributed by atoms with Gasteiger partial charge >= 0.3 is 5.69 Å². The van der Waals surface area contributed by atoms with Crippen molar-refractivity contribution >= 4 is 6.29 Å². The third-order valence-electron chi connectivity index (χ3n) is 6.56. The molecule has 8 nitrogen and oxygen atoms in total. The van der Waals surface area contributed by atoms with Crippen LogP contribution >= 0.6 is 0 Å². The fourth-order valence-corrected chi connectivity index (χ4v) is 4.73. The molecular formula is C29H28N6O2. The van der Waals surface area contributed by atoms with E-state index in [1.807, 2.05) is 78.9 Å². The van der Waals surface area contributed by atoms with Gasteiger partial charge in [0.25, 0.3) is 0 Å². The first-order valence-corrected chi connectivity index (χ1v) is 12.4. The molecule has 0 fully saturated rings. The number of carbonyl (C=O) groups is 1. The lowest BCUT2D eigenvalue weighted by Gasteiger charge is -2.10. The molecule has 186 valence electrons. The number of aryl methyl sites for hydroxylation is 1. The van der Waals surface area contributed by atoms with Crippen molar-refractivity contribution in [2.45, 2.75) is 39.3 Å². The van der Waals surface area contributed by atoms with E-state index >= 15 is 0 Å². The van der Waals surface area contributed by atoms with Gasteiger partial charge in [0.05, 0.1) is 12.2 Å². The Morgan fingerprint density at radius 2 is 1.57 bits per heavy atom. The summed E-state index contributed by atoms with van der Waals surface area (Å²) in [6.45, 7) is 2.92. The van der Waals surface area contributed by atoms with E-state index in [9.17, 15) is 9.59 Å². The molecule has 0 aliphatic heterocycles. The Labute approximate surface area is 214 Å². The first-order chi connectivity index (χ1) is 18.2. The number of hydrogen-bond donors (Lipinski definition) is 1. The van der Waals surface area contributed by atoms with Crippen LogP contribution in [0.25, 0.3) is 22.5 Å².